The molecule has 1 aliphatic heterocycles. The number of hydrogen-bond donors (Lipinski definition) is 2. The van der Waals surface area contributed by atoms with Crippen LogP contribution in [0.1, 0.15) is 19.4 Å². The maximum atomic E-state index is 12.2. The van der Waals surface area contributed by atoms with Gasteiger partial charge in [-0.25, -0.2) is 4.98 Å². The molecule has 8 heteroatoms. The van der Waals surface area contributed by atoms with Gasteiger partial charge in [0.05, 0.1) is 24.3 Å². The van der Waals surface area contributed by atoms with E-state index < -0.39 is 0 Å². The number of piperazine rings is 1. The summed E-state index contributed by atoms with van der Waals surface area (Å²) in [7, 11) is 1.81. The molecule has 8 nitrogen and oxygen atoms in total. The van der Waals surface area contributed by atoms with Crippen molar-refractivity contribution < 1.29 is 1.37 Å². The van der Waals surface area contributed by atoms with Crippen LogP contribution in [-0.2, 0) is 13.0 Å². The van der Waals surface area contributed by atoms with E-state index in [2.05, 4.69) is 35.1 Å². The first-order chi connectivity index (χ1) is 16.1. The van der Waals surface area contributed by atoms with Crippen molar-refractivity contribution in [2.75, 3.05) is 43.4 Å². The fourth-order valence-corrected chi connectivity index (χ4v) is 4.25. The minimum atomic E-state index is -0.0367. The number of nitrogens with one attached hydrogen (secondary N) is 2. The van der Waals surface area contributed by atoms with E-state index in [1.165, 1.54) is 0 Å². The van der Waals surface area contributed by atoms with E-state index in [-0.39, 0.29) is 5.56 Å². The van der Waals surface area contributed by atoms with E-state index >= 15 is 0 Å². The molecule has 1 fully saturated rings. The van der Waals surface area contributed by atoms with Gasteiger partial charge in [0.25, 0.3) is 5.56 Å². The highest BCUT2D eigenvalue weighted by Crippen LogP contribution is 2.24. The summed E-state index contributed by atoms with van der Waals surface area (Å²) in [5.41, 5.74) is 4.98. The highest BCUT2D eigenvalue weighted by molar-refractivity contribution is 5.89. The van der Waals surface area contributed by atoms with Crippen LogP contribution in [0.3, 0.4) is 0 Å². The number of pyridine rings is 4. The number of aromatic amines is 1. The van der Waals surface area contributed by atoms with E-state index in [1.807, 2.05) is 38.4 Å². The summed E-state index contributed by atoms with van der Waals surface area (Å²) in [4.78, 5) is 33.2. The Kier molecular flexibility index (Phi) is 5.12. The number of rotatable bonds is 5. The second-order valence-corrected chi connectivity index (χ2v) is 8.09. The van der Waals surface area contributed by atoms with Gasteiger partial charge in [0.15, 0.2) is 5.82 Å². The normalized spacial score (nSPS) is 15.3. The van der Waals surface area contributed by atoms with Gasteiger partial charge in [-0.1, -0.05) is 6.92 Å². The molecule has 0 bridgehead atoms. The maximum Gasteiger partial charge on any atom is 0.251 e. The second-order valence-electron chi connectivity index (χ2n) is 8.09. The van der Waals surface area contributed by atoms with Crippen LogP contribution in [0, 0.1) is 0 Å². The van der Waals surface area contributed by atoms with Crippen molar-refractivity contribution in [2.24, 2.45) is 0 Å². The molecule has 0 amide bonds. The summed E-state index contributed by atoms with van der Waals surface area (Å²) in [6.45, 7) is 6.13. The summed E-state index contributed by atoms with van der Waals surface area (Å²) in [5.74, 6) is 0.689. The molecule has 0 aliphatic carbocycles. The first-order valence-corrected chi connectivity index (χ1v) is 11.0. The zero-order valence-corrected chi connectivity index (χ0v) is 18.4. The quantitative estimate of drug-likeness (QED) is 0.503. The minimum absolute atomic E-state index is 0.0367. The third kappa shape index (κ3) is 3.89. The lowest BCUT2D eigenvalue weighted by atomic mass is 10.1. The van der Waals surface area contributed by atoms with Crippen molar-refractivity contribution in [1.29, 1.82) is 0 Å². The average Bonchev–Trinajstić information content (AvgIpc) is 2.84. The Balaban J connectivity index is 1.29. The molecule has 2 N–H and O–H groups in total. The second kappa shape index (κ2) is 8.55. The standard InChI is InChI=1S/C24H27N7O/c1-3-17-12-20-21(29-24(17)32)10-16(13-27-20)15-30-6-8-31(9-7-30)19-11-18-4-5-26-23(25-2)22(18)28-14-19/h4-5,10-14H,3,6-9,15H2,1-2H3,(H,25,26)(H,29,32)/i11D. The van der Waals surface area contributed by atoms with Gasteiger partial charge in [0, 0.05) is 63.1 Å². The Morgan fingerprint density at radius 3 is 2.78 bits per heavy atom. The van der Waals surface area contributed by atoms with Crippen LogP contribution >= 0.6 is 0 Å². The lowest BCUT2D eigenvalue weighted by Gasteiger charge is -2.36. The topological polar surface area (TPSA) is 90.0 Å². The minimum Gasteiger partial charge on any atom is -0.371 e. The lowest BCUT2D eigenvalue weighted by molar-refractivity contribution is 0.249. The fourth-order valence-electron chi connectivity index (χ4n) is 4.25. The number of hydrogen-bond acceptors (Lipinski definition) is 7. The van der Waals surface area contributed by atoms with Crippen LogP contribution in [0.4, 0.5) is 11.5 Å². The first kappa shape index (κ1) is 19.2. The monoisotopic (exact) mass is 430 g/mol. The Morgan fingerprint density at radius 1 is 1.16 bits per heavy atom. The Labute approximate surface area is 187 Å². The van der Waals surface area contributed by atoms with Gasteiger partial charge in [-0.2, -0.15) is 0 Å². The zero-order chi connectivity index (χ0) is 22.9. The lowest BCUT2D eigenvalue weighted by Crippen LogP contribution is -2.46. The van der Waals surface area contributed by atoms with Gasteiger partial charge in [-0.15, -0.1) is 0 Å². The molecule has 1 aliphatic rings. The number of fused-ring (bicyclic) bond motifs is 2. The zero-order valence-electron chi connectivity index (χ0n) is 19.4. The van der Waals surface area contributed by atoms with Crippen molar-refractivity contribution in [3.8, 4) is 0 Å². The van der Waals surface area contributed by atoms with Gasteiger partial charge in [-0.05, 0) is 36.2 Å². The Morgan fingerprint density at radius 2 is 2.00 bits per heavy atom. The first-order valence-electron chi connectivity index (χ1n) is 11.5. The Hall–Kier alpha value is -3.52. The van der Waals surface area contributed by atoms with E-state index in [1.54, 1.807) is 12.4 Å². The predicted molar refractivity (Wildman–Crippen MR) is 128 cm³/mol. The van der Waals surface area contributed by atoms with Gasteiger partial charge in [0.1, 0.15) is 5.52 Å². The molecule has 32 heavy (non-hydrogen) atoms. The maximum absolute atomic E-state index is 12.2. The van der Waals surface area contributed by atoms with E-state index in [4.69, 9.17) is 1.37 Å². The molecule has 1 saturated heterocycles. The van der Waals surface area contributed by atoms with Gasteiger partial charge >= 0.3 is 0 Å². The van der Waals surface area contributed by atoms with Crippen molar-refractivity contribution >= 4 is 33.4 Å². The molecule has 5 rings (SSSR count). The number of anilines is 2. The third-order valence-corrected chi connectivity index (χ3v) is 6.07. The fraction of sp³-hybridized carbons (Fsp3) is 0.333. The highest BCUT2D eigenvalue weighted by Gasteiger charge is 2.18. The molecular weight excluding hydrogens is 402 g/mol. The van der Waals surface area contributed by atoms with Crippen LogP contribution in [0.5, 0.6) is 0 Å². The molecule has 0 atom stereocenters. The summed E-state index contributed by atoms with van der Waals surface area (Å²) < 4.78 is 8.71. The van der Waals surface area contributed by atoms with Crippen LogP contribution in [0.2, 0.25) is 0 Å². The smallest absolute Gasteiger partial charge is 0.251 e. The Bertz CT molecular complexity index is 1380. The van der Waals surface area contributed by atoms with E-state index in [0.29, 0.717) is 18.3 Å². The molecule has 164 valence electrons. The van der Waals surface area contributed by atoms with Gasteiger partial charge in [0.2, 0.25) is 0 Å². The van der Waals surface area contributed by atoms with Crippen LogP contribution in [0.25, 0.3) is 21.9 Å². The van der Waals surface area contributed by atoms with E-state index in [0.717, 1.165) is 71.5 Å². The number of H-pyrrole nitrogens is 1. The SMILES string of the molecule is [2H]c1c(N2CCN(Cc3cnc4cc(CC)c(=O)[nH]c4c3)CC2)cnc2c(NC)nccc12. The number of aromatic nitrogens is 4. The molecule has 5 heterocycles. The van der Waals surface area contributed by atoms with Crippen molar-refractivity contribution in [1.82, 2.24) is 24.8 Å². The van der Waals surface area contributed by atoms with Gasteiger partial charge in [-0.3, -0.25) is 19.7 Å². The van der Waals surface area contributed by atoms with Crippen molar-refractivity contribution in [3.05, 3.63) is 64.3 Å². The number of aryl methyl sites for hydroxylation is 1. The largest absolute Gasteiger partial charge is 0.371 e. The molecule has 0 spiro atoms. The van der Waals surface area contributed by atoms with Crippen molar-refractivity contribution in [3.63, 3.8) is 0 Å². The molecule has 0 radical (unpaired) electrons. The summed E-state index contributed by atoms with van der Waals surface area (Å²) in [6.07, 6.45) is 6.09. The van der Waals surface area contributed by atoms with Crippen molar-refractivity contribution in [2.45, 2.75) is 19.9 Å². The molecular formula is C24H27N7O. The molecule has 4 aromatic heterocycles. The third-order valence-electron chi connectivity index (χ3n) is 6.07. The molecule has 0 unspecified atom stereocenters. The predicted octanol–water partition coefficient (Wildman–Crippen LogP) is 2.79. The summed E-state index contributed by atoms with van der Waals surface area (Å²) >= 11 is 0. The van der Waals surface area contributed by atoms with Crippen LogP contribution in [-0.4, -0.2) is 58.1 Å². The average molecular weight is 431 g/mol. The van der Waals surface area contributed by atoms with Crippen LogP contribution in [0.15, 0.2) is 47.6 Å². The molecule has 0 aromatic carbocycles. The molecule has 4 aromatic rings. The highest BCUT2D eigenvalue weighted by atomic mass is 16.1. The van der Waals surface area contributed by atoms with Gasteiger partial charge < -0.3 is 15.2 Å². The summed E-state index contributed by atoms with van der Waals surface area (Å²) in [6, 6.07) is 6.24. The summed E-state index contributed by atoms with van der Waals surface area (Å²) in [5, 5.41) is 3.85. The van der Waals surface area contributed by atoms with Crippen LogP contribution < -0.4 is 15.8 Å². The molecule has 0 saturated carbocycles. The van der Waals surface area contributed by atoms with E-state index in [9.17, 15) is 4.79 Å². The number of nitrogens with zero attached hydrogens (tertiary/aromatic N) is 5.